The molecule has 0 aromatic rings. The van der Waals surface area contributed by atoms with Gasteiger partial charge in [0.25, 0.3) is 0 Å². The third-order valence-corrected chi connectivity index (χ3v) is 2.64. The highest BCUT2D eigenvalue weighted by Crippen LogP contribution is 2.06. The van der Waals surface area contributed by atoms with Gasteiger partial charge >= 0.3 is 0 Å². The minimum absolute atomic E-state index is 0.00178. The molecule has 0 saturated carbocycles. The SMILES string of the molecule is C=CCCOCCNC(=O)C1CCCCN1. The Hall–Kier alpha value is -0.870. The van der Waals surface area contributed by atoms with Crippen molar-refractivity contribution in [1.29, 1.82) is 0 Å². The van der Waals surface area contributed by atoms with Crippen LogP contribution < -0.4 is 10.6 Å². The van der Waals surface area contributed by atoms with Gasteiger partial charge in [-0.1, -0.05) is 12.5 Å². The smallest absolute Gasteiger partial charge is 0.237 e. The maximum Gasteiger partial charge on any atom is 0.237 e. The molecule has 0 radical (unpaired) electrons. The molecule has 0 bridgehead atoms. The lowest BCUT2D eigenvalue weighted by atomic mass is 10.0. The minimum Gasteiger partial charge on any atom is -0.379 e. The number of carbonyl (C=O) groups is 1. The topological polar surface area (TPSA) is 50.4 Å². The van der Waals surface area contributed by atoms with E-state index in [-0.39, 0.29) is 11.9 Å². The second-order valence-electron chi connectivity index (χ2n) is 3.98. The van der Waals surface area contributed by atoms with Crippen molar-refractivity contribution in [3.63, 3.8) is 0 Å². The normalized spacial score (nSPS) is 20.4. The van der Waals surface area contributed by atoms with Crippen LogP contribution in [-0.4, -0.2) is 38.3 Å². The first-order valence-electron chi connectivity index (χ1n) is 6.04. The molecule has 1 fully saturated rings. The number of hydrogen-bond donors (Lipinski definition) is 2. The van der Waals surface area contributed by atoms with Crippen molar-refractivity contribution in [2.24, 2.45) is 0 Å². The second-order valence-corrected chi connectivity index (χ2v) is 3.98. The van der Waals surface area contributed by atoms with E-state index in [4.69, 9.17) is 4.74 Å². The third-order valence-electron chi connectivity index (χ3n) is 2.64. The van der Waals surface area contributed by atoms with Crippen LogP contribution in [0.5, 0.6) is 0 Å². The maximum atomic E-state index is 11.6. The fourth-order valence-electron chi connectivity index (χ4n) is 1.71. The third kappa shape index (κ3) is 5.28. The highest BCUT2D eigenvalue weighted by molar-refractivity contribution is 5.81. The Morgan fingerprint density at radius 2 is 2.38 bits per heavy atom. The maximum absolute atomic E-state index is 11.6. The first-order valence-corrected chi connectivity index (χ1v) is 6.04. The first kappa shape index (κ1) is 13.2. The van der Waals surface area contributed by atoms with Crippen molar-refractivity contribution in [3.05, 3.63) is 12.7 Å². The number of nitrogens with one attached hydrogen (secondary N) is 2. The van der Waals surface area contributed by atoms with E-state index in [0.717, 1.165) is 25.8 Å². The van der Waals surface area contributed by atoms with Gasteiger partial charge < -0.3 is 15.4 Å². The van der Waals surface area contributed by atoms with Crippen LogP contribution in [0.3, 0.4) is 0 Å². The number of hydrogen-bond acceptors (Lipinski definition) is 3. The van der Waals surface area contributed by atoms with Gasteiger partial charge in [-0.2, -0.15) is 0 Å². The van der Waals surface area contributed by atoms with Gasteiger partial charge in [-0.25, -0.2) is 0 Å². The molecular formula is C12H22N2O2. The summed E-state index contributed by atoms with van der Waals surface area (Å²) >= 11 is 0. The number of ether oxygens (including phenoxy) is 1. The van der Waals surface area contributed by atoms with Crippen LogP contribution in [0.25, 0.3) is 0 Å². The molecule has 4 nitrogen and oxygen atoms in total. The van der Waals surface area contributed by atoms with Crippen molar-refractivity contribution in [2.45, 2.75) is 31.7 Å². The zero-order valence-electron chi connectivity index (χ0n) is 9.84. The van der Waals surface area contributed by atoms with Crippen LogP contribution in [0.2, 0.25) is 0 Å². The van der Waals surface area contributed by atoms with Crippen LogP contribution in [-0.2, 0) is 9.53 Å². The van der Waals surface area contributed by atoms with E-state index in [1.807, 2.05) is 6.08 Å². The first-order chi connectivity index (χ1) is 7.84. The van der Waals surface area contributed by atoms with E-state index in [1.165, 1.54) is 6.42 Å². The largest absolute Gasteiger partial charge is 0.379 e. The molecule has 1 atom stereocenters. The van der Waals surface area contributed by atoms with E-state index < -0.39 is 0 Å². The lowest BCUT2D eigenvalue weighted by Gasteiger charge is -2.22. The van der Waals surface area contributed by atoms with Gasteiger partial charge in [-0.15, -0.1) is 6.58 Å². The second kappa shape index (κ2) is 8.30. The van der Waals surface area contributed by atoms with E-state index >= 15 is 0 Å². The van der Waals surface area contributed by atoms with Crippen molar-refractivity contribution in [1.82, 2.24) is 10.6 Å². The van der Waals surface area contributed by atoms with E-state index in [2.05, 4.69) is 17.2 Å². The highest BCUT2D eigenvalue weighted by atomic mass is 16.5. The summed E-state index contributed by atoms with van der Waals surface area (Å²) in [5.74, 6) is 0.104. The summed E-state index contributed by atoms with van der Waals surface area (Å²) in [4.78, 5) is 11.6. The molecule has 1 aliphatic rings. The van der Waals surface area contributed by atoms with E-state index in [9.17, 15) is 4.79 Å². The minimum atomic E-state index is 0.00178. The van der Waals surface area contributed by atoms with Gasteiger partial charge in [-0.05, 0) is 25.8 Å². The lowest BCUT2D eigenvalue weighted by molar-refractivity contribution is -0.123. The van der Waals surface area contributed by atoms with Crippen molar-refractivity contribution >= 4 is 5.91 Å². The van der Waals surface area contributed by atoms with Gasteiger partial charge in [0.1, 0.15) is 0 Å². The standard InChI is InChI=1S/C12H22N2O2/c1-2-3-9-16-10-8-14-12(15)11-6-4-5-7-13-11/h2,11,13H,1,3-10H2,(H,14,15). The molecule has 0 spiro atoms. The predicted octanol–water partition coefficient (Wildman–Crippen LogP) is 0.837. The summed E-state index contributed by atoms with van der Waals surface area (Å²) in [6, 6.07) is 0.00178. The zero-order valence-corrected chi connectivity index (χ0v) is 9.84. The molecule has 92 valence electrons. The number of amides is 1. The van der Waals surface area contributed by atoms with E-state index in [0.29, 0.717) is 19.8 Å². The van der Waals surface area contributed by atoms with Crippen LogP contribution in [0, 0.1) is 0 Å². The Morgan fingerprint density at radius 3 is 3.06 bits per heavy atom. The van der Waals surface area contributed by atoms with Gasteiger partial charge in [0.05, 0.1) is 19.3 Å². The monoisotopic (exact) mass is 226 g/mol. The van der Waals surface area contributed by atoms with Crippen LogP contribution >= 0.6 is 0 Å². The predicted molar refractivity (Wildman–Crippen MR) is 64.3 cm³/mol. The van der Waals surface area contributed by atoms with Crippen LogP contribution in [0.15, 0.2) is 12.7 Å². The summed E-state index contributed by atoms with van der Waals surface area (Å²) in [6.07, 6.45) is 5.95. The molecule has 0 aliphatic carbocycles. The summed E-state index contributed by atoms with van der Waals surface area (Å²) in [5.41, 5.74) is 0. The molecular weight excluding hydrogens is 204 g/mol. The highest BCUT2D eigenvalue weighted by Gasteiger charge is 2.19. The molecule has 16 heavy (non-hydrogen) atoms. The fraction of sp³-hybridized carbons (Fsp3) is 0.750. The molecule has 1 aliphatic heterocycles. The molecule has 1 rings (SSSR count). The Morgan fingerprint density at radius 1 is 1.50 bits per heavy atom. The van der Waals surface area contributed by atoms with E-state index in [1.54, 1.807) is 0 Å². The average molecular weight is 226 g/mol. The molecule has 1 unspecified atom stereocenters. The number of carbonyl (C=O) groups excluding carboxylic acids is 1. The number of rotatable bonds is 7. The van der Waals surface area contributed by atoms with Crippen molar-refractivity contribution < 1.29 is 9.53 Å². The molecule has 1 heterocycles. The fourth-order valence-corrected chi connectivity index (χ4v) is 1.71. The number of piperidine rings is 1. The van der Waals surface area contributed by atoms with Gasteiger partial charge in [-0.3, -0.25) is 4.79 Å². The van der Waals surface area contributed by atoms with Crippen molar-refractivity contribution in [3.8, 4) is 0 Å². The summed E-state index contributed by atoms with van der Waals surface area (Å²) < 4.78 is 5.31. The Labute approximate surface area is 97.4 Å². The summed E-state index contributed by atoms with van der Waals surface area (Å²) in [6.45, 7) is 6.41. The molecule has 4 heteroatoms. The average Bonchev–Trinajstić information content (AvgIpc) is 2.34. The molecule has 0 aromatic carbocycles. The van der Waals surface area contributed by atoms with Crippen LogP contribution in [0.1, 0.15) is 25.7 Å². The Kier molecular flexibility index (Phi) is 6.85. The molecule has 1 saturated heterocycles. The molecule has 0 aromatic heterocycles. The summed E-state index contributed by atoms with van der Waals surface area (Å²) in [5, 5.41) is 6.09. The van der Waals surface area contributed by atoms with Gasteiger partial charge in [0, 0.05) is 6.54 Å². The van der Waals surface area contributed by atoms with Gasteiger partial charge in [0.2, 0.25) is 5.91 Å². The zero-order chi connectivity index (χ0) is 11.6. The van der Waals surface area contributed by atoms with Crippen LogP contribution in [0.4, 0.5) is 0 Å². The Bertz CT molecular complexity index is 213. The molecule has 1 amide bonds. The molecule has 2 N–H and O–H groups in total. The van der Waals surface area contributed by atoms with Crippen molar-refractivity contribution in [2.75, 3.05) is 26.3 Å². The lowest BCUT2D eigenvalue weighted by Crippen LogP contribution is -2.47. The van der Waals surface area contributed by atoms with Gasteiger partial charge in [0.15, 0.2) is 0 Å². The Balaban J connectivity index is 1.99. The summed E-state index contributed by atoms with van der Waals surface area (Å²) in [7, 11) is 0. The quantitative estimate of drug-likeness (QED) is 0.499.